The van der Waals surface area contributed by atoms with Gasteiger partial charge in [-0.3, -0.25) is 4.79 Å². The summed E-state index contributed by atoms with van der Waals surface area (Å²) in [7, 11) is 1.63. The fourth-order valence-corrected chi connectivity index (χ4v) is 3.13. The Hall–Kier alpha value is -3.04. The molecule has 3 rings (SSSR count). The number of halogens is 1. The first kappa shape index (κ1) is 21.7. The topological polar surface area (TPSA) is 35.5 Å². The summed E-state index contributed by atoms with van der Waals surface area (Å²) in [6.45, 7) is 4.61. The molecule has 154 valence electrons. The molecule has 0 aromatic heterocycles. The van der Waals surface area contributed by atoms with E-state index in [1.54, 1.807) is 25.3 Å². The molecule has 0 saturated carbocycles. The number of benzene rings is 3. The van der Waals surface area contributed by atoms with Gasteiger partial charge in [0, 0.05) is 16.1 Å². The molecule has 4 heteroatoms. The molecule has 0 N–H and O–H groups in total. The first-order valence-corrected chi connectivity index (χ1v) is 10.2. The second kappa shape index (κ2) is 10.1. The van der Waals surface area contributed by atoms with Crippen LogP contribution in [0, 0.1) is 0 Å². The van der Waals surface area contributed by atoms with Crippen LogP contribution in [0.5, 0.6) is 11.5 Å². The third-order valence-corrected chi connectivity index (χ3v) is 5.05. The molecular weight excluding hydrogens is 396 g/mol. The molecule has 0 amide bonds. The highest BCUT2D eigenvalue weighted by atomic mass is 35.5. The Bertz CT molecular complexity index is 1020. The highest BCUT2D eigenvalue weighted by Gasteiger charge is 2.07. The fourth-order valence-electron chi connectivity index (χ4n) is 3.01. The van der Waals surface area contributed by atoms with Crippen molar-refractivity contribution in [1.82, 2.24) is 0 Å². The van der Waals surface area contributed by atoms with E-state index in [2.05, 4.69) is 13.8 Å². The highest BCUT2D eigenvalue weighted by Crippen LogP contribution is 2.24. The monoisotopic (exact) mass is 420 g/mol. The maximum atomic E-state index is 12.5. The predicted molar refractivity (Wildman–Crippen MR) is 123 cm³/mol. The van der Waals surface area contributed by atoms with E-state index in [1.807, 2.05) is 60.7 Å². The van der Waals surface area contributed by atoms with Gasteiger partial charge in [-0.1, -0.05) is 61.9 Å². The van der Waals surface area contributed by atoms with Gasteiger partial charge in [0.2, 0.25) is 0 Å². The standard InChI is InChI=1S/C26H25ClO3/c1-18(2)20-6-8-21(9-7-20)25(28)14-4-19-5-15-26(29-3)22(16-19)17-30-24-12-10-23(27)11-13-24/h4-16,18H,17H2,1-3H3/b14-4+. The SMILES string of the molecule is COc1ccc(/C=C/C(=O)c2ccc(C(C)C)cc2)cc1COc1ccc(Cl)cc1. The van der Waals surface area contributed by atoms with Crippen LogP contribution in [0.1, 0.15) is 46.8 Å². The summed E-state index contributed by atoms with van der Waals surface area (Å²) in [5.74, 6) is 1.87. The number of methoxy groups -OCH3 is 1. The predicted octanol–water partition coefficient (Wildman–Crippen LogP) is 6.95. The van der Waals surface area contributed by atoms with Crippen molar-refractivity contribution in [3.63, 3.8) is 0 Å². The summed E-state index contributed by atoms with van der Waals surface area (Å²) in [6.07, 6.45) is 3.40. The van der Waals surface area contributed by atoms with Gasteiger partial charge in [0.15, 0.2) is 5.78 Å². The first-order chi connectivity index (χ1) is 14.5. The number of allylic oxidation sites excluding steroid dienone is 1. The maximum absolute atomic E-state index is 12.5. The molecule has 0 aliphatic rings. The number of rotatable bonds is 8. The molecule has 0 bridgehead atoms. The largest absolute Gasteiger partial charge is 0.496 e. The van der Waals surface area contributed by atoms with Crippen LogP contribution in [0.25, 0.3) is 6.08 Å². The lowest BCUT2D eigenvalue weighted by atomic mass is 10.00. The fraction of sp³-hybridized carbons (Fsp3) is 0.192. The van der Waals surface area contributed by atoms with Crippen molar-refractivity contribution in [3.05, 3.63) is 100 Å². The zero-order valence-electron chi connectivity index (χ0n) is 17.4. The summed E-state index contributed by atoms with van der Waals surface area (Å²) in [4.78, 5) is 12.5. The van der Waals surface area contributed by atoms with Crippen LogP contribution in [0.3, 0.4) is 0 Å². The second-order valence-electron chi connectivity index (χ2n) is 7.29. The summed E-state index contributed by atoms with van der Waals surface area (Å²) in [5, 5.41) is 0.663. The molecule has 0 spiro atoms. The summed E-state index contributed by atoms with van der Waals surface area (Å²) in [6, 6.07) is 20.7. The normalized spacial score (nSPS) is 11.1. The number of hydrogen-bond donors (Lipinski definition) is 0. The van der Waals surface area contributed by atoms with Gasteiger partial charge in [-0.2, -0.15) is 0 Å². The highest BCUT2D eigenvalue weighted by molar-refractivity contribution is 6.30. The zero-order chi connectivity index (χ0) is 21.5. The van der Waals surface area contributed by atoms with E-state index in [4.69, 9.17) is 21.1 Å². The van der Waals surface area contributed by atoms with Crippen LogP contribution in [0.4, 0.5) is 0 Å². The van der Waals surface area contributed by atoms with Gasteiger partial charge in [-0.15, -0.1) is 0 Å². The van der Waals surface area contributed by atoms with Crippen LogP contribution in [-0.2, 0) is 6.61 Å². The quantitative estimate of drug-likeness (QED) is 0.292. The minimum Gasteiger partial charge on any atom is -0.496 e. The molecule has 0 radical (unpaired) electrons. The van der Waals surface area contributed by atoms with Crippen molar-refractivity contribution in [2.75, 3.05) is 7.11 Å². The third kappa shape index (κ3) is 5.74. The van der Waals surface area contributed by atoms with Crippen LogP contribution in [0.15, 0.2) is 72.8 Å². The molecule has 0 aliphatic heterocycles. The van der Waals surface area contributed by atoms with Gasteiger partial charge in [-0.05, 0) is 59.5 Å². The lowest BCUT2D eigenvalue weighted by molar-refractivity contribution is 0.104. The molecule has 3 nitrogen and oxygen atoms in total. The van der Waals surface area contributed by atoms with Gasteiger partial charge >= 0.3 is 0 Å². The van der Waals surface area contributed by atoms with E-state index in [9.17, 15) is 4.79 Å². The lowest BCUT2D eigenvalue weighted by Gasteiger charge is -2.11. The Morgan fingerprint density at radius 3 is 2.33 bits per heavy atom. The van der Waals surface area contributed by atoms with Crippen molar-refractivity contribution in [2.45, 2.75) is 26.4 Å². The van der Waals surface area contributed by atoms with E-state index in [-0.39, 0.29) is 5.78 Å². The smallest absolute Gasteiger partial charge is 0.185 e. The van der Waals surface area contributed by atoms with Gasteiger partial charge in [-0.25, -0.2) is 0 Å². The molecule has 0 aliphatic carbocycles. The Morgan fingerprint density at radius 2 is 1.70 bits per heavy atom. The van der Waals surface area contributed by atoms with Crippen LogP contribution in [0.2, 0.25) is 5.02 Å². The summed E-state index contributed by atoms with van der Waals surface area (Å²) < 4.78 is 11.3. The molecule has 0 atom stereocenters. The first-order valence-electron chi connectivity index (χ1n) is 9.84. The molecular formula is C26H25ClO3. The number of ketones is 1. The molecule has 0 saturated heterocycles. The van der Waals surface area contributed by atoms with Gasteiger partial charge < -0.3 is 9.47 Å². The van der Waals surface area contributed by atoms with Crippen LogP contribution >= 0.6 is 11.6 Å². The van der Waals surface area contributed by atoms with Crippen molar-refractivity contribution >= 4 is 23.5 Å². The molecule has 0 fully saturated rings. The summed E-state index contributed by atoms with van der Waals surface area (Å²) in [5.41, 5.74) is 3.69. The van der Waals surface area contributed by atoms with E-state index in [0.717, 1.165) is 22.6 Å². The lowest BCUT2D eigenvalue weighted by Crippen LogP contribution is -1.99. The Labute approximate surface area is 182 Å². The molecule has 0 heterocycles. The van der Waals surface area contributed by atoms with Crippen molar-refractivity contribution < 1.29 is 14.3 Å². The maximum Gasteiger partial charge on any atom is 0.185 e. The number of carbonyl (C=O) groups is 1. The van der Waals surface area contributed by atoms with Crippen molar-refractivity contribution in [1.29, 1.82) is 0 Å². The molecule has 0 unspecified atom stereocenters. The molecule has 3 aromatic rings. The van der Waals surface area contributed by atoms with Gasteiger partial charge in [0.25, 0.3) is 0 Å². The van der Waals surface area contributed by atoms with Crippen LogP contribution < -0.4 is 9.47 Å². The Morgan fingerprint density at radius 1 is 1.00 bits per heavy atom. The van der Waals surface area contributed by atoms with Crippen molar-refractivity contribution in [3.8, 4) is 11.5 Å². The number of hydrogen-bond acceptors (Lipinski definition) is 3. The van der Waals surface area contributed by atoms with Gasteiger partial charge in [0.05, 0.1) is 7.11 Å². The summed E-state index contributed by atoms with van der Waals surface area (Å²) >= 11 is 5.91. The van der Waals surface area contributed by atoms with Crippen LogP contribution in [-0.4, -0.2) is 12.9 Å². The average Bonchev–Trinajstić information content (AvgIpc) is 2.77. The molecule has 3 aromatic carbocycles. The number of carbonyl (C=O) groups excluding carboxylic acids is 1. The van der Waals surface area contributed by atoms with Crippen molar-refractivity contribution in [2.24, 2.45) is 0 Å². The zero-order valence-corrected chi connectivity index (χ0v) is 18.1. The van der Waals surface area contributed by atoms with E-state index in [0.29, 0.717) is 23.1 Å². The van der Waals surface area contributed by atoms with Gasteiger partial charge in [0.1, 0.15) is 18.1 Å². The van der Waals surface area contributed by atoms with E-state index >= 15 is 0 Å². The Balaban J connectivity index is 1.71. The second-order valence-corrected chi connectivity index (χ2v) is 7.72. The number of ether oxygens (including phenoxy) is 2. The Kier molecular flexibility index (Phi) is 7.31. The molecule has 30 heavy (non-hydrogen) atoms. The van der Waals surface area contributed by atoms with E-state index < -0.39 is 0 Å². The minimum absolute atomic E-state index is 0.0277. The van der Waals surface area contributed by atoms with E-state index in [1.165, 1.54) is 5.56 Å². The average molecular weight is 421 g/mol. The third-order valence-electron chi connectivity index (χ3n) is 4.80. The minimum atomic E-state index is -0.0277.